The van der Waals surface area contributed by atoms with E-state index in [1.54, 1.807) is 71.7 Å². The van der Waals surface area contributed by atoms with Crippen molar-refractivity contribution in [2.75, 3.05) is 5.73 Å². The quantitative estimate of drug-likeness (QED) is 0.00912. The van der Waals surface area contributed by atoms with E-state index in [0.29, 0.717) is 14.6 Å². The summed E-state index contributed by atoms with van der Waals surface area (Å²) in [6.07, 6.45) is 1.60. The van der Waals surface area contributed by atoms with Crippen LogP contribution in [0.4, 0.5) is 28.4 Å². The molecule has 1 aromatic heterocycles. The van der Waals surface area contributed by atoms with E-state index in [0.717, 1.165) is 51.8 Å². The Hall–Kier alpha value is -11.2. The number of hydrogen-bond acceptors (Lipinski definition) is 17. The number of non-ortho nitro benzene ring substituents is 4. The number of nitrogens with zero attached hydrogens (tertiary/aromatic N) is 11. The van der Waals surface area contributed by atoms with Crippen molar-refractivity contribution >= 4 is 119 Å². The number of nitrogen functional groups attached to an aromatic ring is 1. The molecule has 11 aromatic carbocycles. The van der Waals surface area contributed by atoms with E-state index in [4.69, 9.17) is 42.2 Å². The van der Waals surface area contributed by atoms with Gasteiger partial charge in [0.1, 0.15) is 6.33 Å². The summed E-state index contributed by atoms with van der Waals surface area (Å²) in [5, 5.41) is 96.4. The normalized spacial score (nSPS) is 8.91. The van der Waals surface area contributed by atoms with Crippen LogP contribution in [0.15, 0.2) is 273 Å². The zero-order valence-electron chi connectivity index (χ0n) is 66.4. The third-order valence-electron chi connectivity index (χ3n) is 13.6. The van der Waals surface area contributed by atoms with E-state index in [2.05, 4.69) is 115 Å². The smallest absolute Gasteiger partial charge is 0.478 e. The summed E-state index contributed by atoms with van der Waals surface area (Å²) in [7, 11) is -1.34. The first-order valence-electron chi connectivity index (χ1n) is 35.1. The van der Waals surface area contributed by atoms with Crippen LogP contribution < -0.4 is 40.8 Å². The minimum absolute atomic E-state index is 0. The molecule has 0 radical (unpaired) electrons. The van der Waals surface area contributed by atoms with E-state index in [9.17, 15) is 54.8 Å². The van der Waals surface area contributed by atoms with Crippen molar-refractivity contribution in [3.8, 4) is 50.2 Å². The van der Waals surface area contributed by atoms with Gasteiger partial charge in [-0.1, -0.05) is 245 Å². The summed E-state index contributed by atoms with van der Waals surface area (Å²) >= 11 is 6.07. The molecule has 0 aliphatic heterocycles. The maximum atomic E-state index is 10.9. The van der Waals surface area contributed by atoms with Gasteiger partial charge in [0.05, 0.1) is 42.1 Å². The first-order valence-corrected chi connectivity index (χ1v) is 42.5. The second kappa shape index (κ2) is 64.1. The van der Waals surface area contributed by atoms with Gasteiger partial charge in [-0.3, -0.25) is 45.4 Å². The fraction of sp³-hybridized carbons (Fsp3) is 0.157. The van der Waals surface area contributed by atoms with E-state index < -0.39 is 39.8 Å². The van der Waals surface area contributed by atoms with Crippen LogP contribution in [0.25, 0.3) is 66.2 Å². The van der Waals surface area contributed by atoms with Gasteiger partial charge in [-0.25, -0.2) is 19.1 Å². The zero-order chi connectivity index (χ0) is 87.5. The number of tetrazole rings is 1. The number of carboxylic acids is 3. The van der Waals surface area contributed by atoms with Gasteiger partial charge in [-0.05, 0) is 163 Å². The number of aryl methyl sites for hydroxylation is 3. The molecule has 1 heterocycles. The van der Waals surface area contributed by atoms with Crippen LogP contribution in [0.2, 0.25) is 0 Å². The second-order valence-corrected chi connectivity index (χ2v) is 22.5. The van der Waals surface area contributed by atoms with Crippen molar-refractivity contribution in [3.63, 3.8) is 0 Å². The number of aromatic nitrogens is 4. The van der Waals surface area contributed by atoms with Crippen molar-refractivity contribution in [1.82, 2.24) is 20.2 Å². The molecule has 0 aliphatic carbocycles. The van der Waals surface area contributed by atoms with Crippen molar-refractivity contribution in [3.05, 3.63) is 367 Å². The van der Waals surface area contributed by atoms with Crippen LogP contribution in [0.3, 0.4) is 0 Å². The average molecular weight is 1930 g/mol. The Bertz CT molecular complexity index is 4790. The summed E-state index contributed by atoms with van der Waals surface area (Å²) in [5.74, 6) is -3.52. The van der Waals surface area contributed by atoms with Crippen molar-refractivity contribution in [2.45, 2.75) is 90.0 Å². The number of hydrogen-bond donors (Lipinski definition) is 6. The molecule has 0 saturated carbocycles. The van der Waals surface area contributed by atoms with Crippen molar-refractivity contribution in [2.24, 2.45) is 0 Å². The van der Waals surface area contributed by atoms with E-state index in [1.807, 2.05) is 196 Å². The Labute approximate surface area is 733 Å². The number of nitro groups is 4. The Morgan fingerprint density at radius 1 is 0.405 bits per heavy atom. The Kier molecular flexibility index (Phi) is 60.2. The summed E-state index contributed by atoms with van der Waals surface area (Å²) in [4.78, 5) is 73.1. The van der Waals surface area contributed by atoms with Gasteiger partial charge in [0.2, 0.25) is 0 Å². The number of rotatable bonds is 13. The van der Waals surface area contributed by atoms with E-state index in [-0.39, 0.29) is 73.9 Å². The zero-order valence-corrected chi connectivity index (χ0v) is 74.9. The molecule has 33 heteroatoms. The number of nitrogens with two attached hydrogens (primary N) is 1. The number of carbonyl (C=O) groups is 3. The first kappa shape index (κ1) is 109. The summed E-state index contributed by atoms with van der Waals surface area (Å²) in [5.41, 5.74) is 32.0. The van der Waals surface area contributed by atoms with E-state index >= 15 is 0 Å². The van der Waals surface area contributed by atoms with Crippen LogP contribution in [0.1, 0.15) is 117 Å². The Balaban J connectivity index is -0.00000126. The molecular formula is C83H91BI3N12NaO16. The fourth-order valence-corrected chi connectivity index (χ4v) is 9.72. The van der Waals surface area contributed by atoms with Crippen LogP contribution >= 0.6 is 59.8 Å². The van der Waals surface area contributed by atoms with Gasteiger partial charge in [0.25, 0.3) is 22.7 Å². The molecule has 0 amide bonds. The molecule has 28 nitrogen and oxygen atoms in total. The van der Waals surface area contributed by atoms with Gasteiger partial charge < -0.3 is 42.2 Å². The number of halogens is 3. The number of benzene rings is 11. The number of carboxylic acid groups (broad SMARTS) is 3. The predicted octanol–water partition coefficient (Wildman–Crippen LogP) is 19.7. The summed E-state index contributed by atoms with van der Waals surface area (Å²) < 4.78 is 2.20. The maximum Gasteiger partial charge on any atom is 1.00 e. The minimum atomic E-state index is -1.34. The molecular weight excluding hydrogens is 1840 g/mol. The SMILES string of the molecule is CC.CC.CC.CC.CC.Cc1cc(-c2ccccc2)cc(-n2cnnn2)c1.Cc1cc(-c2ccccc2)cc([N+](=O)[O-])c1.Cc1cc(N)cc(-c2ccccc2)c1.II.O=C(O)c1cc(-c2ccccc2)cc([N+](=O)[O-])c1.O=C(O)c1cc(I)cc([N+](=O)[O-])c1.O=C(O)c1cccc([N+](=O)[O-])c1.OB(O)c1ccccc1.[N-]=[N+]=[N-].[Na+]. The molecule has 0 fully saturated rings. The number of anilines is 1. The van der Waals surface area contributed by atoms with Gasteiger partial charge in [-0.2, -0.15) is 0 Å². The topological polar surface area (TPSA) is 453 Å². The molecule has 0 bridgehead atoms. The van der Waals surface area contributed by atoms with Crippen molar-refractivity contribution < 1.29 is 89.0 Å². The van der Waals surface area contributed by atoms with Gasteiger partial charge in [-0.15, -0.1) is 5.10 Å². The Morgan fingerprint density at radius 2 is 0.724 bits per heavy atom. The number of nitro benzene ring substituents is 4. The van der Waals surface area contributed by atoms with E-state index in [1.165, 1.54) is 80.8 Å². The molecule has 116 heavy (non-hydrogen) atoms. The third-order valence-corrected chi connectivity index (χ3v) is 14.2. The fourth-order valence-electron chi connectivity index (χ4n) is 9.07. The van der Waals surface area contributed by atoms with Gasteiger partial charge in [0.15, 0.2) is 0 Å². The average Bonchev–Trinajstić information content (AvgIpc) is 0.965. The molecule has 12 aromatic rings. The molecule has 7 N–H and O–H groups in total. The summed E-state index contributed by atoms with van der Waals surface area (Å²) in [6.45, 7) is 26.0. The van der Waals surface area contributed by atoms with Crippen LogP contribution in [0, 0.1) is 64.8 Å². The number of aromatic carboxylic acids is 3. The van der Waals surface area contributed by atoms with Crippen LogP contribution in [-0.2, 0) is 0 Å². The maximum absolute atomic E-state index is 10.9. The summed E-state index contributed by atoms with van der Waals surface area (Å²) in [6, 6.07) is 77.8. The molecule has 0 unspecified atom stereocenters. The molecule has 12 rings (SSSR count). The van der Waals surface area contributed by atoms with Crippen LogP contribution in [-0.4, -0.2) is 90.3 Å². The monoisotopic (exact) mass is 1930 g/mol. The standard InChI is InChI=1S/C14H12N4.C13H9NO4.C13H11NO2.C13H13N.C7H4INO4.C7H5NO4.C6H7BO2.5C2H6.I2.N3.Na/c1-11-7-13(12-5-3-2-4-6-12)9-14(8-11)18-10-15-16-17-18;15-13(16)11-6-10(7-12(8-11)14(17)18)9-4-2-1-3-5-9;1-10-7-12(9-13(8-10)14(15)16)11-5-3-2-4-6-11;1-10-7-12(9-13(14)8-10)11-5-3-2-4-6-11;8-5-1-4(7(10)11)2-6(3-5)9(12)13;9-7(10)5-2-1-3-6(4-5)8(11)12;8-7(9)6-4-2-1-3-5-6;6*1-2;1-3-2;/h2-10H,1H3;1-8H,(H,15,16);2-9H,1H3;2-9H,14H2,1H3;1-3H,(H,10,11);1-4H,(H,9,10);1-5,8-9H;5*1-2H3;;;/q;;;;;;;;;;;;;-1;+1. The molecule has 0 saturated heterocycles. The first-order chi connectivity index (χ1) is 55.2. The molecule has 604 valence electrons. The molecule has 0 spiro atoms. The van der Waals surface area contributed by atoms with Gasteiger partial charge >= 0.3 is 54.6 Å². The largest absolute Gasteiger partial charge is 1.00 e. The van der Waals surface area contributed by atoms with Crippen molar-refractivity contribution in [1.29, 1.82) is 0 Å². The van der Waals surface area contributed by atoms with Crippen LogP contribution in [0.5, 0.6) is 0 Å². The third kappa shape index (κ3) is 42.8. The molecule has 0 atom stereocenters. The minimum Gasteiger partial charge on any atom is -0.478 e. The second-order valence-electron chi connectivity index (χ2n) is 21.3. The van der Waals surface area contributed by atoms with Gasteiger partial charge in [0, 0.05) is 95.0 Å². The Morgan fingerprint density at radius 3 is 1.07 bits per heavy atom. The predicted molar refractivity (Wildman–Crippen MR) is 483 cm³/mol. The molecule has 0 aliphatic rings.